The van der Waals surface area contributed by atoms with Crippen LogP contribution in [0.25, 0.3) is 0 Å². The molecule has 0 aliphatic carbocycles. The smallest absolute Gasteiger partial charge is 0.351 e. The zero-order valence-corrected chi connectivity index (χ0v) is 12.0. The number of alkyl halides is 3. The molecule has 0 aliphatic rings. The molecule has 1 N–H and O–H groups in total. The predicted molar refractivity (Wildman–Crippen MR) is 70.0 cm³/mol. The van der Waals surface area contributed by atoms with Crippen LogP contribution in [-0.2, 0) is 0 Å². The molecule has 0 aromatic heterocycles. The summed E-state index contributed by atoms with van der Waals surface area (Å²) in [5, 5.41) is 2.86. The maximum atomic E-state index is 11.8. The van der Waals surface area contributed by atoms with Crippen LogP contribution in [0.1, 0.15) is 10.4 Å². The van der Waals surface area contributed by atoms with Crippen LogP contribution in [0.5, 0.6) is 0 Å². The van der Waals surface area contributed by atoms with Gasteiger partial charge in [-0.25, -0.2) is 0 Å². The highest BCUT2D eigenvalue weighted by atomic mass is 79.9. The molecular weight excluding hydrogens is 355 g/mol. The van der Waals surface area contributed by atoms with Crippen LogP contribution in [0.2, 0.25) is 5.02 Å². The average molecular weight is 363 g/mol. The molecule has 1 rings (SSSR count). The lowest BCUT2D eigenvalue weighted by Gasteiger charge is -2.08. The van der Waals surface area contributed by atoms with Gasteiger partial charge in [0.25, 0.3) is 5.91 Å². The predicted octanol–water partition coefficient (Wildman–Crippen LogP) is 4.09. The Balaban J connectivity index is 2.46. The van der Waals surface area contributed by atoms with Gasteiger partial charge in [0.1, 0.15) is 0 Å². The minimum absolute atomic E-state index is 0.0575. The molecule has 0 bridgehead atoms. The number of thioether (sulfide) groups is 1. The Hall–Kier alpha value is -0.400. The number of amides is 1. The van der Waals surface area contributed by atoms with Crippen molar-refractivity contribution in [3.63, 3.8) is 0 Å². The quantitative estimate of drug-likeness (QED) is 0.818. The molecule has 0 saturated heterocycles. The summed E-state index contributed by atoms with van der Waals surface area (Å²) in [6, 6.07) is 4.57. The molecular formula is C10H8BrClF3NOS. The second-order valence-corrected chi connectivity index (χ2v) is 5.62. The van der Waals surface area contributed by atoms with E-state index in [0.29, 0.717) is 15.1 Å². The lowest BCUT2D eigenvalue weighted by atomic mass is 10.2. The molecule has 1 aromatic carbocycles. The highest BCUT2D eigenvalue weighted by molar-refractivity contribution is 9.10. The third-order valence-corrected chi connectivity index (χ3v) is 3.46. The Kier molecular flexibility index (Phi) is 5.81. The highest BCUT2D eigenvalue weighted by Gasteiger charge is 2.27. The summed E-state index contributed by atoms with van der Waals surface area (Å²) in [7, 11) is 0. The number of carbonyl (C=O) groups excluding carboxylic acids is 1. The van der Waals surface area contributed by atoms with Crippen LogP contribution in [0.3, 0.4) is 0 Å². The molecule has 0 saturated carbocycles. The highest BCUT2D eigenvalue weighted by Crippen LogP contribution is 2.29. The van der Waals surface area contributed by atoms with Gasteiger partial charge >= 0.3 is 5.51 Å². The summed E-state index contributed by atoms with van der Waals surface area (Å²) < 4.78 is 36.0. The van der Waals surface area contributed by atoms with Gasteiger partial charge < -0.3 is 5.32 Å². The van der Waals surface area contributed by atoms with Crippen molar-refractivity contribution in [3.8, 4) is 0 Å². The van der Waals surface area contributed by atoms with Crippen LogP contribution in [0.4, 0.5) is 13.2 Å². The normalized spacial score (nSPS) is 11.4. The molecule has 8 heteroatoms. The Morgan fingerprint density at radius 1 is 1.44 bits per heavy atom. The van der Waals surface area contributed by atoms with E-state index in [2.05, 4.69) is 21.2 Å². The number of rotatable bonds is 4. The van der Waals surface area contributed by atoms with E-state index in [9.17, 15) is 18.0 Å². The second kappa shape index (κ2) is 6.68. The number of benzene rings is 1. The number of hydrogen-bond acceptors (Lipinski definition) is 2. The number of halogens is 5. The van der Waals surface area contributed by atoms with Crippen molar-refractivity contribution < 1.29 is 18.0 Å². The zero-order chi connectivity index (χ0) is 13.8. The monoisotopic (exact) mass is 361 g/mol. The molecule has 0 radical (unpaired) electrons. The van der Waals surface area contributed by atoms with E-state index in [4.69, 9.17) is 11.6 Å². The maximum absolute atomic E-state index is 11.8. The summed E-state index contributed by atoms with van der Waals surface area (Å²) in [4.78, 5) is 11.6. The number of hydrogen-bond donors (Lipinski definition) is 1. The fourth-order valence-electron chi connectivity index (χ4n) is 1.10. The molecule has 100 valence electrons. The molecule has 0 fully saturated rings. The van der Waals surface area contributed by atoms with Crippen molar-refractivity contribution >= 4 is 45.2 Å². The average Bonchev–Trinajstić information content (AvgIpc) is 2.22. The Labute approximate surface area is 119 Å². The first-order valence-corrected chi connectivity index (χ1v) is 6.89. The minimum atomic E-state index is -4.27. The summed E-state index contributed by atoms with van der Waals surface area (Å²) in [5.41, 5.74) is -3.94. The van der Waals surface area contributed by atoms with Crippen molar-refractivity contribution in [2.45, 2.75) is 5.51 Å². The Morgan fingerprint density at radius 3 is 2.67 bits per heavy atom. The van der Waals surface area contributed by atoms with Crippen LogP contribution >= 0.6 is 39.3 Å². The lowest BCUT2D eigenvalue weighted by Crippen LogP contribution is -2.26. The molecule has 0 spiro atoms. The van der Waals surface area contributed by atoms with Gasteiger partial charge in [0.05, 0.1) is 5.56 Å². The molecule has 0 unspecified atom stereocenters. The fraction of sp³-hybridized carbons (Fsp3) is 0.300. The molecule has 0 aliphatic heterocycles. The first-order chi connectivity index (χ1) is 8.29. The van der Waals surface area contributed by atoms with E-state index < -0.39 is 11.4 Å². The summed E-state index contributed by atoms with van der Waals surface area (Å²) >= 11 is 8.70. The summed E-state index contributed by atoms with van der Waals surface area (Å²) in [6.45, 7) is -0.0575. The Morgan fingerprint density at radius 2 is 2.11 bits per heavy atom. The van der Waals surface area contributed by atoms with Crippen LogP contribution in [-0.4, -0.2) is 23.7 Å². The van der Waals surface area contributed by atoms with E-state index in [1.54, 1.807) is 6.07 Å². The molecule has 1 amide bonds. The SMILES string of the molecule is O=C(NCCSC(F)(F)F)c1ccc(Cl)cc1Br. The number of carbonyl (C=O) groups is 1. The second-order valence-electron chi connectivity index (χ2n) is 3.17. The van der Waals surface area contributed by atoms with Gasteiger partial charge in [0.15, 0.2) is 0 Å². The van der Waals surface area contributed by atoms with Crippen LogP contribution < -0.4 is 5.32 Å². The fourth-order valence-corrected chi connectivity index (χ4v) is 2.40. The lowest BCUT2D eigenvalue weighted by molar-refractivity contribution is -0.0327. The minimum Gasteiger partial charge on any atom is -0.351 e. The van der Waals surface area contributed by atoms with Gasteiger partial charge in [-0.05, 0) is 45.9 Å². The molecule has 0 atom stereocenters. The van der Waals surface area contributed by atoms with Crippen LogP contribution in [0, 0.1) is 0 Å². The van der Waals surface area contributed by atoms with Gasteiger partial charge in [0.2, 0.25) is 0 Å². The first-order valence-electron chi connectivity index (χ1n) is 4.73. The van der Waals surface area contributed by atoms with Gasteiger partial charge in [-0.15, -0.1) is 0 Å². The molecule has 0 heterocycles. The largest absolute Gasteiger partial charge is 0.441 e. The van der Waals surface area contributed by atoms with E-state index in [1.165, 1.54) is 12.1 Å². The van der Waals surface area contributed by atoms with E-state index in [1.807, 2.05) is 0 Å². The maximum Gasteiger partial charge on any atom is 0.441 e. The first kappa shape index (κ1) is 15.7. The van der Waals surface area contributed by atoms with Crippen LogP contribution in [0.15, 0.2) is 22.7 Å². The van der Waals surface area contributed by atoms with Crippen molar-refractivity contribution in [2.75, 3.05) is 12.3 Å². The third-order valence-electron chi connectivity index (χ3n) is 1.83. The molecule has 2 nitrogen and oxygen atoms in total. The van der Waals surface area contributed by atoms with Crippen molar-refractivity contribution in [3.05, 3.63) is 33.3 Å². The number of nitrogens with one attached hydrogen (secondary N) is 1. The molecule has 1 aromatic rings. The van der Waals surface area contributed by atoms with Crippen molar-refractivity contribution in [1.29, 1.82) is 0 Å². The summed E-state index contributed by atoms with van der Waals surface area (Å²) in [5.74, 6) is -0.665. The standard InChI is InChI=1S/C10H8BrClF3NOS/c11-8-5-6(12)1-2-7(8)9(17)16-3-4-18-10(13,14)15/h1-2,5H,3-4H2,(H,16,17). The van der Waals surface area contributed by atoms with E-state index in [0.717, 1.165) is 0 Å². The zero-order valence-electron chi connectivity index (χ0n) is 8.85. The van der Waals surface area contributed by atoms with Crippen molar-refractivity contribution in [2.24, 2.45) is 0 Å². The summed E-state index contributed by atoms with van der Waals surface area (Å²) in [6.07, 6.45) is 0. The van der Waals surface area contributed by atoms with E-state index >= 15 is 0 Å². The van der Waals surface area contributed by atoms with Gasteiger partial charge in [-0.3, -0.25) is 4.79 Å². The van der Waals surface area contributed by atoms with Gasteiger partial charge in [-0.1, -0.05) is 11.6 Å². The Bertz CT molecular complexity index is 442. The van der Waals surface area contributed by atoms with Gasteiger partial charge in [-0.2, -0.15) is 13.2 Å². The topological polar surface area (TPSA) is 29.1 Å². The van der Waals surface area contributed by atoms with Crippen molar-refractivity contribution in [1.82, 2.24) is 5.32 Å². The third kappa shape index (κ3) is 5.49. The van der Waals surface area contributed by atoms with E-state index in [-0.39, 0.29) is 24.1 Å². The van der Waals surface area contributed by atoms with Gasteiger partial charge in [0, 0.05) is 21.8 Å². The molecule has 18 heavy (non-hydrogen) atoms.